The van der Waals surface area contributed by atoms with Gasteiger partial charge < -0.3 is 14.5 Å². The molecule has 0 aliphatic carbocycles. The number of nitro groups is 2. The Balaban J connectivity index is 2.08. The van der Waals surface area contributed by atoms with E-state index in [9.17, 15) is 20.2 Å². The van der Waals surface area contributed by atoms with E-state index in [4.69, 9.17) is 9.47 Å². The first kappa shape index (κ1) is 19.1. The fraction of sp³-hybridized carbons (Fsp3) is 0.278. The molecule has 10 heteroatoms. The molecule has 0 atom stereocenters. The van der Waals surface area contributed by atoms with Crippen molar-refractivity contribution >= 4 is 22.4 Å². The number of hydrogen-bond acceptors (Lipinski definition) is 7. The van der Waals surface area contributed by atoms with Crippen LogP contribution in [0.1, 0.15) is 19.8 Å². The molecule has 3 aromatic rings. The number of nitro benzene ring substituents is 2. The Bertz CT molecular complexity index is 1050. The monoisotopic (exact) mass is 386 g/mol. The van der Waals surface area contributed by atoms with Gasteiger partial charge in [-0.05, 0) is 18.6 Å². The number of unbranched alkanes of at least 4 members (excludes halogenated alkanes) is 1. The van der Waals surface area contributed by atoms with Gasteiger partial charge in [0.25, 0.3) is 5.69 Å². The fourth-order valence-electron chi connectivity index (χ4n) is 2.72. The number of imidazole rings is 1. The second-order valence-corrected chi connectivity index (χ2v) is 6.03. The van der Waals surface area contributed by atoms with Crippen LogP contribution in [0.2, 0.25) is 0 Å². The summed E-state index contributed by atoms with van der Waals surface area (Å²) in [7, 11) is 1.40. The lowest BCUT2D eigenvalue weighted by atomic mass is 10.1. The molecule has 0 fully saturated rings. The summed E-state index contributed by atoms with van der Waals surface area (Å²) >= 11 is 0. The Kier molecular flexibility index (Phi) is 5.39. The van der Waals surface area contributed by atoms with E-state index in [1.54, 1.807) is 6.07 Å². The molecule has 1 heterocycles. The maximum Gasteiger partial charge on any atom is 0.315 e. The number of benzene rings is 2. The molecule has 0 amide bonds. The first-order chi connectivity index (χ1) is 13.4. The van der Waals surface area contributed by atoms with Crippen molar-refractivity contribution in [2.24, 2.45) is 0 Å². The molecular weight excluding hydrogens is 368 g/mol. The third kappa shape index (κ3) is 3.70. The van der Waals surface area contributed by atoms with E-state index in [2.05, 4.69) is 9.97 Å². The van der Waals surface area contributed by atoms with Crippen molar-refractivity contribution < 1.29 is 19.3 Å². The third-order valence-electron chi connectivity index (χ3n) is 4.15. The molecule has 1 aromatic heterocycles. The topological polar surface area (TPSA) is 133 Å². The number of rotatable bonds is 8. The zero-order chi connectivity index (χ0) is 20.3. The van der Waals surface area contributed by atoms with Crippen molar-refractivity contribution in [2.45, 2.75) is 19.8 Å². The van der Waals surface area contributed by atoms with E-state index in [0.29, 0.717) is 29.0 Å². The standard InChI is InChI=1S/C18H18N4O6/c1-3-4-7-28-17-15(22(25)26)8-11(9-16(17)27-2)18-19-13-6-5-12(21(23)24)10-14(13)20-18/h5-6,8-10H,3-4,7H2,1-2H3,(H,19,20). The minimum atomic E-state index is -0.541. The van der Waals surface area contributed by atoms with Crippen LogP contribution in [-0.4, -0.2) is 33.5 Å². The number of hydrogen-bond donors (Lipinski definition) is 1. The molecule has 28 heavy (non-hydrogen) atoms. The Morgan fingerprint density at radius 1 is 1.14 bits per heavy atom. The number of H-pyrrole nitrogens is 1. The molecule has 0 aliphatic rings. The summed E-state index contributed by atoms with van der Waals surface area (Å²) < 4.78 is 10.9. The van der Waals surface area contributed by atoms with Crippen LogP contribution in [0.4, 0.5) is 11.4 Å². The summed E-state index contributed by atoms with van der Waals surface area (Å²) in [6.45, 7) is 2.32. The van der Waals surface area contributed by atoms with Gasteiger partial charge in [-0.3, -0.25) is 20.2 Å². The maximum atomic E-state index is 11.6. The Hall–Kier alpha value is -3.69. The quantitative estimate of drug-likeness (QED) is 0.348. The fourth-order valence-corrected chi connectivity index (χ4v) is 2.72. The zero-order valence-corrected chi connectivity index (χ0v) is 15.3. The van der Waals surface area contributed by atoms with E-state index >= 15 is 0 Å². The molecule has 0 saturated carbocycles. The van der Waals surface area contributed by atoms with Gasteiger partial charge in [0, 0.05) is 23.8 Å². The summed E-state index contributed by atoms with van der Waals surface area (Å²) in [5.41, 5.74) is 1.05. The van der Waals surface area contributed by atoms with Crippen LogP contribution in [0.25, 0.3) is 22.4 Å². The minimum absolute atomic E-state index is 0.0662. The second-order valence-electron chi connectivity index (χ2n) is 6.03. The van der Waals surface area contributed by atoms with Gasteiger partial charge in [-0.25, -0.2) is 4.98 Å². The molecule has 0 spiro atoms. The maximum absolute atomic E-state index is 11.6. The highest BCUT2D eigenvalue weighted by Gasteiger charge is 2.24. The summed E-state index contributed by atoms with van der Waals surface area (Å²) in [4.78, 5) is 28.8. The van der Waals surface area contributed by atoms with Crippen molar-refractivity contribution in [1.82, 2.24) is 9.97 Å². The average Bonchev–Trinajstić information content (AvgIpc) is 3.11. The van der Waals surface area contributed by atoms with Gasteiger partial charge in [0.2, 0.25) is 5.75 Å². The number of fused-ring (bicyclic) bond motifs is 1. The van der Waals surface area contributed by atoms with E-state index in [1.165, 1.54) is 31.4 Å². The van der Waals surface area contributed by atoms with Gasteiger partial charge in [-0.15, -0.1) is 0 Å². The van der Waals surface area contributed by atoms with Crippen LogP contribution in [0.5, 0.6) is 11.5 Å². The van der Waals surface area contributed by atoms with E-state index in [-0.39, 0.29) is 22.9 Å². The van der Waals surface area contributed by atoms with E-state index in [1.807, 2.05) is 6.92 Å². The van der Waals surface area contributed by atoms with Crippen LogP contribution >= 0.6 is 0 Å². The van der Waals surface area contributed by atoms with E-state index in [0.717, 1.165) is 12.8 Å². The lowest BCUT2D eigenvalue weighted by Crippen LogP contribution is -2.03. The van der Waals surface area contributed by atoms with Gasteiger partial charge in [0.15, 0.2) is 5.75 Å². The number of nitrogens with zero attached hydrogens (tertiary/aromatic N) is 3. The lowest BCUT2D eigenvalue weighted by molar-refractivity contribution is -0.385. The van der Waals surface area contributed by atoms with Crippen molar-refractivity contribution in [3.05, 3.63) is 50.6 Å². The van der Waals surface area contributed by atoms with Gasteiger partial charge in [0.05, 0.1) is 34.6 Å². The summed E-state index contributed by atoms with van der Waals surface area (Å²) in [6.07, 6.45) is 1.64. The smallest absolute Gasteiger partial charge is 0.315 e. The average molecular weight is 386 g/mol. The summed E-state index contributed by atoms with van der Waals surface area (Å²) in [5, 5.41) is 22.5. The molecule has 146 valence electrons. The molecular formula is C18H18N4O6. The number of ether oxygens (including phenoxy) is 2. The molecule has 2 aromatic carbocycles. The highest BCUT2D eigenvalue weighted by molar-refractivity contribution is 5.82. The van der Waals surface area contributed by atoms with Crippen molar-refractivity contribution in [3.8, 4) is 22.9 Å². The number of aromatic amines is 1. The molecule has 3 rings (SSSR count). The first-order valence-corrected chi connectivity index (χ1v) is 8.58. The van der Waals surface area contributed by atoms with Gasteiger partial charge in [0.1, 0.15) is 5.82 Å². The zero-order valence-electron chi connectivity index (χ0n) is 15.3. The molecule has 0 aliphatic heterocycles. The van der Waals surface area contributed by atoms with Crippen molar-refractivity contribution in [3.63, 3.8) is 0 Å². The molecule has 0 bridgehead atoms. The SMILES string of the molecule is CCCCOc1c(OC)cc(-c2nc3ccc([N+](=O)[O-])cc3[nH]2)cc1[N+](=O)[O-]. The lowest BCUT2D eigenvalue weighted by Gasteiger charge is -2.12. The predicted octanol–water partition coefficient (Wildman–Crippen LogP) is 4.23. The Morgan fingerprint density at radius 3 is 2.57 bits per heavy atom. The Morgan fingerprint density at radius 2 is 1.93 bits per heavy atom. The van der Waals surface area contributed by atoms with Gasteiger partial charge >= 0.3 is 5.69 Å². The van der Waals surface area contributed by atoms with Crippen LogP contribution in [-0.2, 0) is 0 Å². The highest BCUT2D eigenvalue weighted by Crippen LogP contribution is 2.41. The second kappa shape index (κ2) is 7.91. The number of aromatic nitrogens is 2. The normalized spacial score (nSPS) is 10.8. The van der Waals surface area contributed by atoms with Crippen LogP contribution in [0.15, 0.2) is 30.3 Å². The molecule has 0 saturated heterocycles. The van der Waals surface area contributed by atoms with Crippen LogP contribution < -0.4 is 9.47 Å². The van der Waals surface area contributed by atoms with Gasteiger partial charge in [-0.1, -0.05) is 13.3 Å². The minimum Gasteiger partial charge on any atom is -0.493 e. The van der Waals surface area contributed by atoms with Crippen molar-refractivity contribution in [1.29, 1.82) is 0 Å². The predicted molar refractivity (Wildman–Crippen MR) is 102 cm³/mol. The summed E-state index contributed by atoms with van der Waals surface area (Å²) in [6, 6.07) is 7.15. The molecule has 0 unspecified atom stereocenters. The number of methoxy groups -OCH3 is 1. The first-order valence-electron chi connectivity index (χ1n) is 8.58. The molecule has 0 radical (unpaired) electrons. The van der Waals surface area contributed by atoms with Crippen LogP contribution in [0, 0.1) is 20.2 Å². The van der Waals surface area contributed by atoms with E-state index < -0.39 is 9.85 Å². The molecule has 10 nitrogen and oxygen atoms in total. The molecule has 1 N–H and O–H groups in total. The van der Waals surface area contributed by atoms with Crippen molar-refractivity contribution in [2.75, 3.05) is 13.7 Å². The number of non-ortho nitro benzene ring substituents is 1. The van der Waals surface area contributed by atoms with Crippen LogP contribution in [0.3, 0.4) is 0 Å². The summed E-state index contributed by atoms with van der Waals surface area (Å²) in [5.74, 6) is 0.611. The third-order valence-corrected chi connectivity index (χ3v) is 4.15. The number of nitrogens with one attached hydrogen (secondary N) is 1. The highest BCUT2D eigenvalue weighted by atomic mass is 16.6. The largest absolute Gasteiger partial charge is 0.493 e. The van der Waals surface area contributed by atoms with Gasteiger partial charge in [-0.2, -0.15) is 0 Å². The Labute approximate surface area is 159 Å².